The molecule has 0 aromatic heterocycles. The normalized spacial score (nSPS) is 12.4. The summed E-state index contributed by atoms with van der Waals surface area (Å²) in [5.74, 6) is 0.0519. The number of carbonyl (C=O) groups excluding carboxylic acids is 4. The van der Waals surface area contributed by atoms with Gasteiger partial charge in [0.05, 0.1) is 6.54 Å². The number of carbonyl (C=O) groups is 4. The lowest BCUT2D eigenvalue weighted by atomic mass is 9.75. The molecular formula is C19H34N2O4. The van der Waals surface area contributed by atoms with Crippen molar-refractivity contribution in [3.8, 4) is 0 Å². The van der Waals surface area contributed by atoms with Crippen molar-refractivity contribution >= 4 is 23.4 Å². The zero-order valence-corrected chi connectivity index (χ0v) is 16.4. The third kappa shape index (κ3) is 13.3. The fraction of sp³-hybridized carbons (Fsp3) is 0.789. The third-order valence-electron chi connectivity index (χ3n) is 4.25. The highest BCUT2D eigenvalue weighted by molar-refractivity contribution is 5.85. The van der Waals surface area contributed by atoms with Gasteiger partial charge in [-0.25, -0.2) is 0 Å². The number of Topliss-reactive ketones (excluding diaryl/α,β-unsaturated/α-hetero) is 2. The van der Waals surface area contributed by atoms with Gasteiger partial charge < -0.3 is 15.4 Å². The summed E-state index contributed by atoms with van der Waals surface area (Å²) in [6.45, 7) is 9.84. The fourth-order valence-corrected chi connectivity index (χ4v) is 2.54. The van der Waals surface area contributed by atoms with Gasteiger partial charge in [0.15, 0.2) is 0 Å². The minimum absolute atomic E-state index is 0.00456. The highest BCUT2D eigenvalue weighted by Gasteiger charge is 2.26. The van der Waals surface area contributed by atoms with Crippen molar-refractivity contribution in [2.45, 2.75) is 73.1 Å². The molecule has 0 saturated carbocycles. The summed E-state index contributed by atoms with van der Waals surface area (Å²) < 4.78 is 0. The van der Waals surface area contributed by atoms with Gasteiger partial charge in [0.1, 0.15) is 11.6 Å². The zero-order valence-electron chi connectivity index (χ0n) is 16.4. The Morgan fingerprint density at radius 3 is 2.08 bits per heavy atom. The van der Waals surface area contributed by atoms with Gasteiger partial charge in [-0.3, -0.25) is 14.4 Å². The molecule has 144 valence electrons. The van der Waals surface area contributed by atoms with Gasteiger partial charge in [0, 0.05) is 32.7 Å². The molecule has 0 aliphatic heterocycles. The number of ketones is 2. The van der Waals surface area contributed by atoms with Crippen LogP contribution in [-0.2, 0) is 19.2 Å². The summed E-state index contributed by atoms with van der Waals surface area (Å²) in [7, 11) is 0. The molecule has 25 heavy (non-hydrogen) atoms. The fourth-order valence-electron chi connectivity index (χ4n) is 2.54. The molecule has 0 bridgehead atoms. The van der Waals surface area contributed by atoms with Gasteiger partial charge in [-0.05, 0) is 31.1 Å². The van der Waals surface area contributed by atoms with Gasteiger partial charge >= 0.3 is 0 Å². The molecule has 0 saturated heterocycles. The quantitative estimate of drug-likeness (QED) is 0.526. The van der Waals surface area contributed by atoms with Crippen LogP contribution in [0.15, 0.2) is 0 Å². The minimum Gasteiger partial charge on any atom is -0.355 e. The highest BCUT2D eigenvalue weighted by Crippen LogP contribution is 2.33. The Morgan fingerprint density at radius 1 is 0.920 bits per heavy atom. The van der Waals surface area contributed by atoms with E-state index in [2.05, 4.69) is 31.4 Å². The Labute approximate surface area is 151 Å². The lowest BCUT2D eigenvalue weighted by Gasteiger charge is -2.30. The van der Waals surface area contributed by atoms with Gasteiger partial charge in [-0.2, -0.15) is 0 Å². The van der Waals surface area contributed by atoms with Crippen LogP contribution < -0.4 is 10.6 Å². The maximum absolute atomic E-state index is 12.1. The van der Waals surface area contributed by atoms with Crippen LogP contribution in [0.3, 0.4) is 0 Å². The van der Waals surface area contributed by atoms with Gasteiger partial charge in [0.25, 0.3) is 0 Å². The van der Waals surface area contributed by atoms with Crippen molar-refractivity contribution < 1.29 is 19.2 Å². The summed E-state index contributed by atoms with van der Waals surface area (Å²) in [5.41, 5.74) is 0.0283. The first kappa shape index (κ1) is 23.3. The first-order valence-electron chi connectivity index (χ1n) is 9.04. The molecule has 6 nitrogen and oxygen atoms in total. The highest BCUT2D eigenvalue weighted by atomic mass is 16.2. The molecule has 0 rings (SSSR count). The van der Waals surface area contributed by atoms with Crippen LogP contribution in [0.25, 0.3) is 0 Å². The van der Waals surface area contributed by atoms with Crippen molar-refractivity contribution in [3.05, 3.63) is 0 Å². The van der Waals surface area contributed by atoms with E-state index in [9.17, 15) is 19.2 Å². The summed E-state index contributed by atoms with van der Waals surface area (Å²) in [4.78, 5) is 45.3. The predicted octanol–water partition coefficient (Wildman–Crippen LogP) is 2.40. The summed E-state index contributed by atoms with van der Waals surface area (Å²) in [6.07, 6.45) is 3.84. The van der Waals surface area contributed by atoms with Gasteiger partial charge in [0.2, 0.25) is 11.8 Å². The van der Waals surface area contributed by atoms with Crippen LogP contribution in [0, 0.1) is 11.3 Å². The Bertz CT molecular complexity index is 467. The van der Waals surface area contributed by atoms with E-state index in [0.717, 1.165) is 19.3 Å². The third-order valence-corrected chi connectivity index (χ3v) is 4.25. The molecular weight excluding hydrogens is 320 g/mol. The standard InChI is InChI=1S/C19H34N2O4/c1-14(22)9-10-17(24)12-16(19(3,4)5)8-6-7-11-20-18(25)13-21-15(2)23/h16H,6-13H2,1-5H3,(H,20,25)(H,21,23). The maximum Gasteiger partial charge on any atom is 0.239 e. The molecule has 0 aliphatic carbocycles. The first-order valence-corrected chi connectivity index (χ1v) is 9.04. The number of hydrogen-bond donors (Lipinski definition) is 2. The van der Waals surface area contributed by atoms with Crippen LogP contribution in [-0.4, -0.2) is 36.5 Å². The van der Waals surface area contributed by atoms with Crippen LogP contribution in [0.1, 0.15) is 73.1 Å². The van der Waals surface area contributed by atoms with Crippen molar-refractivity contribution in [1.82, 2.24) is 10.6 Å². The molecule has 1 atom stereocenters. The molecule has 6 heteroatoms. The largest absolute Gasteiger partial charge is 0.355 e. The Kier molecular flexibility index (Phi) is 11.0. The lowest BCUT2D eigenvalue weighted by Crippen LogP contribution is -2.36. The van der Waals surface area contributed by atoms with E-state index in [-0.39, 0.29) is 41.3 Å². The molecule has 0 spiro atoms. The average Bonchev–Trinajstić information content (AvgIpc) is 2.48. The molecule has 0 aliphatic rings. The van der Waals surface area contributed by atoms with E-state index >= 15 is 0 Å². The molecule has 2 amide bonds. The minimum atomic E-state index is -0.224. The Balaban J connectivity index is 4.13. The van der Waals surface area contributed by atoms with E-state index in [1.807, 2.05) is 0 Å². The SMILES string of the molecule is CC(=O)CCC(=O)CC(CCCCNC(=O)CNC(C)=O)C(C)(C)C. The number of amides is 2. The second-order valence-corrected chi connectivity index (χ2v) is 7.76. The smallest absolute Gasteiger partial charge is 0.239 e. The predicted molar refractivity (Wildman–Crippen MR) is 98.0 cm³/mol. The van der Waals surface area contributed by atoms with E-state index in [4.69, 9.17) is 0 Å². The van der Waals surface area contributed by atoms with E-state index < -0.39 is 0 Å². The first-order chi connectivity index (χ1) is 11.5. The van der Waals surface area contributed by atoms with Crippen molar-refractivity contribution in [3.63, 3.8) is 0 Å². The van der Waals surface area contributed by atoms with Crippen LogP contribution in [0.5, 0.6) is 0 Å². The second-order valence-electron chi connectivity index (χ2n) is 7.76. The van der Waals surface area contributed by atoms with Crippen molar-refractivity contribution in [1.29, 1.82) is 0 Å². The zero-order chi connectivity index (χ0) is 19.5. The monoisotopic (exact) mass is 354 g/mol. The molecule has 2 N–H and O–H groups in total. The van der Waals surface area contributed by atoms with Gasteiger partial charge in [-0.15, -0.1) is 0 Å². The molecule has 0 heterocycles. The molecule has 0 aromatic carbocycles. The summed E-state index contributed by atoms with van der Waals surface area (Å²) in [5, 5.41) is 5.22. The molecule has 1 unspecified atom stereocenters. The van der Waals surface area contributed by atoms with Crippen LogP contribution >= 0.6 is 0 Å². The van der Waals surface area contributed by atoms with Crippen LogP contribution in [0.2, 0.25) is 0 Å². The lowest BCUT2D eigenvalue weighted by molar-refractivity contribution is -0.125. The second kappa shape index (κ2) is 11.8. The van der Waals surface area contributed by atoms with E-state index in [1.165, 1.54) is 13.8 Å². The average molecular weight is 354 g/mol. The Hall–Kier alpha value is -1.72. The molecule has 0 radical (unpaired) electrons. The number of nitrogens with one attached hydrogen (secondary N) is 2. The maximum atomic E-state index is 12.1. The van der Waals surface area contributed by atoms with Crippen LogP contribution in [0.4, 0.5) is 0 Å². The van der Waals surface area contributed by atoms with Gasteiger partial charge in [-0.1, -0.05) is 27.2 Å². The van der Waals surface area contributed by atoms with Crippen molar-refractivity contribution in [2.24, 2.45) is 11.3 Å². The number of rotatable bonds is 12. The molecule has 0 fully saturated rings. The summed E-state index contributed by atoms with van der Waals surface area (Å²) in [6, 6.07) is 0. The van der Waals surface area contributed by atoms with E-state index in [1.54, 1.807) is 0 Å². The summed E-state index contributed by atoms with van der Waals surface area (Å²) >= 11 is 0. The number of unbranched alkanes of at least 4 members (excludes halogenated alkanes) is 1. The van der Waals surface area contributed by atoms with E-state index in [0.29, 0.717) is 25.8 Å². The van der Waals surface area contributed by atoms with Crippen molar-refractivity contribution in [2.75, 3.05) is 13.1 Å². The topological polar surface area (TPSA) is 92.3 Å². The number of hydrogen-bond acceptors (Lipinski definition) is 4. The Morgan fingerprint density at radius 2 is 1.56 bits per heavy atom. The molecule has 0 aromatic rings.